The van der Waals surface area contributed by atoms with E-state index >= 15 is 0 Å². The Bertz CT molecular complexity index is 820. The molecule has 148 valence electrons. The molecule has 1 saturated carbocycles. The number of hydrogen-bond donors (Lipinski definition) is 1. The highest BCUT2D eigenvalue weighted by Crippen LogP contribution is 2.26. The molecule has 1 aliphatic rings. The van der Waals surface area contributed by atoms with E-state index in [1.54, 1.807) is 30.3 Å². The summed E-state index contributed by atoms with van der Waals surface area (Å²) in [4.78, 5) is 28.0. The minimum Gasteiger partial charge on any atom is -0.342 e. The molecular formula is C22H25ClN2O2S. The number of carbonyl (C=O) groups is 2. The van der Waals surface area contributed by atoms with Crippen LogP contribution < -0.4 is 5.32 Å². The van der Waals surface area contributed by atoms with E-state index in [0.717, 1.165) is 17.7 Å². The molecule has 1 fully saturated rings. The van der Waals surface area contributed by atoms with Crippen molar-refractivity contribution in [3.05, 3.63) is 59.1 Å². The van der Waals surface area contributed by atoms with Crippen LogP contribution >= 0.6 is 23.4 Å². The summed E-state index contributed by atoms with van der Waals surface area (Å²) in [7, 11) is 1.90. The lowest BCUT2D eigenvalue weighted by Crippen LogP contribution is -2.39. The quantitative estimate of drug-likeness (QED) is 0.634. The summed E-state index contributed by atoms with van der Waals surface area (Å²) < 4.78 is 0. The number of halogens is 1. The first-order chi connectivity index (χ1) is 13.5. The number of carbonyl (C=O) groups excluding carboxylic acids is 2. The van der Waals surface area contributed by atoms with Crippen LogP contribution in [0.4, 0.5) is 5.69 Å². The van der Waals surface area contributed by atoms with Gasteiger partial charge in [0.1, 0.15) is 0 Å². The van der Waals surface area contributed by atoms with Gasteiger partial charge in [-0.2, -0.15) is 0 Å². The third-order valence-corrected chi connectivity index (χ3v) is 6.41. The zero-order chi connectivity index (χ0) is 19.9. The molecule has 0 spiro atoms. The summed E-state index contributed by atoms with van der Waals surface area (Å²) in [5, 5.41) is 3.50. The molecule has 0 saturated heterocycles. The first kappa shape index (κ1) is 20.7. The summed E-state index contributed by atoms with van der Waals surface area (Å²) in [6.45, 7) is 0. The molecule has 0 aromatic heterocycles. The zero-order valence-corrected chi connectivity index (χ0v) is 17.6. The highest BCUT2D eigenvalue weighted by Gasteiger charge is 2.22. The van der Waals surface area contributed by atoms with Gasteiger partial charge in [-0.05, 0) is 49.2 Å². The fourth-order valence-electron chi connectivity index (χ4n) is 3.43. The lowest BCUT2D eigenvalue weighted by molar-refractivity contribution is -0.129. The third-order valence-electron chi connectivity index (χ3n) is 5.10. The van der Waals surface area contributed by atoms with E-state index in [0.29, 0.717) is 28.1 Å². The van der Waals surface area contributed by atoms with Crippen molar-refractivity contribution in [3.8, 4) is 0 Å². The predicted octanol–water partition coefficient (Wildman–Crippen LogP) is 5.48. The molecule has 4 nitrogen and oxygen atoms in total. The molecule has 0 aliphatic heterocycles. The van der Waals surface area contributed by atoms with Gasteiger partial charge in [0.25, 0.3) is 5.91 Å². The molecule has 1 aliphatic carbocycles. The average Bonchev–Trinajstić information content (AvgIpc) is 2.74. The second kappa shape index (κ2) is 9.99. The number of nitrogens with zero attached hydrogens (tertiary/aromatic N) is 1. The largest absolute Gasteiger partial charge is 0.342 e. The molecule has 1 N–H and O–H groups in total. The molecule has 2 aromatic rings. The number of thioether (sulfide) groups is 1. The molecule has 6 heteroatoms. The van der Waals surface area contributed by atoms with Crippen LogP contribution in [-0.4, -0.2) is 35.6 Å². The molecule has 0 unspecified atom stereocenters. The van der Waals surface area contributed by atoms with Crippen molar-refractivity contribution in [1.29, 1.82) is 0 Å². The van der Waals surface area contributed by atoms with Gasteiger partial charge in [-0.15, -0.1) is 11.8 Å². The maximum atomic E-state index is 12.7. The van der Waals surface area contributed by atoms with E-state index in [1.807, 2.05) is 30.1 Å². The Morgan fingerprint density at radius 3 is 2.46 bits per heavy atom. The van der Waals surface area contributed by atoms with Crippen molar-refractivity contribution in [1.82, 2.24) is 4.90 Å². The molecule has 2 aromatic carbocycles. The number of anilines is 1. The monoisotopic (exact) mass is 416 g/mol. The Hall–Kier alpha value is -1.98. The molecular weight excluding hydrogens is 392 g/mol. The Morgan fingerprint density at radius 2 is 1.75 bits per heavy atom. The zero-order valence-electron chi connectivity index (χ0n) is 16.0. The van der Waals surface area contributed by atoms with Crippen molar-refractivity contribution in [2.75, 3.05) is 18.1 Å². The van der Waals surface area contributed by atoms with Crippen molar-refractivity contribution < 1.29 is 9.59 Å². The SMILES string of the molecule is CN(C(=O)CSc1ccccc1C(=O)Nc1ccc(Cl)cc1)C1CCCCC1. The van der Waals surface area contributed by atoms with Crippen molar-refractivity contribution in [2.45, 2.75) is 43.0 Å². The highest BCUT2D eigenvalue weighted by atomic mass is 35.5. The predicted molar refractivity (Wildman–Crippen MR) is 116 cm³/mol. The smallest absolute Gasteiger partial charge is 0.256 e. The van der Waals surface area contributed by atoms with Gasteiger partial charge in [0.2, 0.25) is 5.91 Å². The van der Waals surface area contributed by atoms with Gasteiger partial charge in [0, 0.05) is 28.7 Å². The van der Waals surface area contributed by atoms with Crippen molar-refractivity contribution >= 4 is 40.9 Å². The van der Waals surface area contributed by atoms with Gasteiger partial charge < -0.3 is 10.2 Å². The second-order valence-corrected chi connectivity index (χ2v) is 8.50. The van der Waals surface area contributed by atoms with Crippen molar-refractivity contribution in [3.63, 3.8) is 0 Å². The fraction of sp³-hybridized carbons (Fsp3) is 0.364. The van der Waals surface area contributed by atoms with Crippen LogP contribution in [0.15, 0.2) is 53.4 Å². The summed E-state index contributed by atoms with van der Waals surface area (Å²) in [6.07, 6.45) is 5.84. The van der Waals surface area contributed by atoms with E-state index in [9.17, 15) is 9.59 Å². The van der Waals surface area contributed by atoms with Gasteiger partial charge in [0.15, 0.2) is 0 Å². The molecule has 2 amide bonds. The summed E-state index contributed by atoms with van der Waals surface area (Å²) >= 11 is 7.31. The van der Waals surface area contributed by atoms with Gasteiger partial charge in [-0.1, -0.05) is 43.0 Å². The van der Waals surface area contributed by atoms with Crippen LogP contribution in [0.3, 0.4) is 0 Å². The Labute approximate surface area is 175 Å². The molecule has 0 bridgehead atoms. The molecule has 0 atom stereocenters. The van der Waals surface area contributed by atoms with Crippen LogP contribution in [0, 0.1) is 0 Å². The number of hydrogen-bond acceptors (Lipinski definition) is 3. The Kier molecular flexibility index (Phi) is 7.40. The van der Waals surface area contributed by atoms with Gasteiger partial charge in [0.05, 0.1) is 11.3 Å². The second-order valence-electron chi connectivity index (χ2n) is 7.04. The minimum absolute atomic E-state index is 0.116. The van der Waals surface area contributed by atoms with Crippen LogP contribution in [0.25, 0.3) is 0 Å². The van der Waals surface area contributed by atoms with Gasteiger partial charge in [-0.3, -0.25) is 9.59 Å². The maximum Gasteiger partial charge on any atom is 0.256 e. The first-order valence-electron chi connectivity index (χ1n) is 9.59. The fourth-order valence-corrected chi connectivity index (χ4v) is 4.52. The standard InChI is InChI=1S/C22H25ClN2O2S/c1-25(18-7-3-2-4-8-18)21(26)15-28-20-10-6-5-9-19(20)22(27)24-17-13-11-16(23)12-14-17/h5-6,9-14,18H,2-4,7-8,15H2,1H3,(H,24,27). The number of amides is 2. The Morgan fingerprint density at radius 1 is 1.07 bits per heavy atom. The molecule has 0 radical (unpaired) electrons. The average molecular weight is 417 g/mol. The normalized spacial score (nSPS) is 14.5. The van der Waals surface area contributed by atoms with E-state index in [2.05, 4.69) is 5.32 Å². The molecule has 3 rings (SSSR count). The molecule has 0 heterocycles. The van der Waals surface area contributed by atoms with Crippen LogP contribution in [-0.2, 0) is 4.79 Å². The topological polar surface area (TPSA) is 49.4 Å². The number of nitrogens with one attached hydrogen (secondary N) is 1. The highest BCUT2D eigenvalue weighted by molar-refractivity contribution is 8.00. The lowest BCUT2D eigenvalue weighted by atomic mass is 9.94. The third kappa shape index (κ3) is 5.52. The Balaban J connectivity index is 1.62. The first-order valence-corrected chi connectivity index (χ1v) is 11.0. The number of rotatable bonds is 6. The van der Waals surface area contributed by atoms with Crippen molar-refractivity contribution in [2.24, 2.45) is 0 Å². The minimum atomic E-state index is -0.196. The maximum absolute atomic E-state index is 12.7. The van der Waals surface area contributed by atoms with Crippen LogP contribution in [0.2, 0.25) is 5.02 Å². The lowest BCUT2D eigenvalue weighted by Gasteiger charge is -2.31. The van der Waals surface area contributed by atoms with E-state index in [4.69, 9.17) is 11.6 Å². The van der Waals surface area contributed by atoms with Gasteiger partial charge >= 0.3 is 0 Å². The van der Waals surface area contributed by atoms with E-state index in [-0.39, 0.29) is 11.8 Å². The molecule has 28 heavy (non-hydrogen) atoms. The summed E-state index contributed by atoms with van der Waals surface area (Å²) in [6, 6.07) is 14.7. The van der Waals surface area contributed by atoms with Gasteiger partial charge in [-0.25, -0.2) is 0 Å². The summed E-state index contributed by atoms with van der Waals surface area (Å²) in [5.41, 5.74) is 1.25. The number of benzene rings is 2. The summed E-state index contributed by atoms with van der Waals surface area (Å²) in [5.74, 6) is 0.251. The van der Waals surface area contributed by atoms with E-state index < -0.39 is 0 Å². The van der Waals surface area contributed by atoms with Crippen LogP contribution in [0.5, 0.6) is 0 Å². The van der Waals surface area contributed by atoms with E-state index in [1.165, 1.54) is 31.0 Å². The van der Waals surface area contributed by atoms with Crippen LogP contribution in [0.1, 0.15) is 42.5 Å².